The minimum absolute atomic E-state index is 0.00204. The van der Waals surface area contributed by atoms with Gasteiger partial charge in [0.1, 0.15) is 5.54 Å². The van der Waals surface area contributed by atoms with E-state index in [1.54, 1.807) is 0 Å². The number of carbonyl (C=O) groups is 1. The van der Waals surface area contributed by atoms with Crippen molar-refractivity contribution < 1.29 is 4.79 Å². The molecule has 0 aromatic rings. The van der Waals surface area contributed by atoms with Crippen LogP contribution in [0.15, 0.2) is 0 Å². The Labute approximate surface area is 121 Å². The van der Waals surface area contributed by atoms with Crippen LogP contribution in [0.5, 0.6) is 0 Å². The van der Waals surface area contributed by atoms with Gasteiger partial charge in [-0.05, 0) is 19.8 Å². The van der Waals surface area contributed by atoms with Crippen LogP contribution in [0.2, 0.25) is 0 Å². The van der Waals surface area contributed by atoms with Gasteiger partial charge < -0.3 is 10.6 Å². The molecule has 112 valence electrons. The number of rotatable bonds is 3. The molecule has 1 heterocycles. The summed E-state index contributed by atoms with van der Waals surface area (Å²) in [5, 5.41) is 15.8. The highest BCUT2D eigenvalue weighted by Gasteiger charge is 2.33. The van der Waals surface area contributed by atoms with Gasteiger partial charge in [-0.25, -0.2) is 0 Å². The second kappa shape index (κ2) is 7.05. The van der Waals surface area contributed by atoms with E-state index in [2.05, 4.69) is 28.5 Å². The van der Waals surface area contributed by atoms with Crippen LogP contribution in [0.3, 0.4) is 0 Å². The Kier molecular flexibility index (Phi) is 5.38. The number of hydrogen-bond acceptors (Lipinski definition) is 4. The van der Waals surface area contributed by atoms with Crippen LogP contribution < -0.4 is 10.6 Å². The summed E-state index contributed by atoms with van der Waals surface area (Å²) in [6, 6.07) is 2.75. The van der Waals surface area contributed by atoms with E-state index in [9.17, 15) is 10.1 Å². The second-order valence-corrected chi connectivity index (χ2v) is 6.18. The van der Waals surface area contributed by atoms with Gasteiger partial charge in [0.05, 0.1) is 12.6 Å². The Balaban J connectivity index is 1.90. The topological polar surface area (TPSA) is 68.2 Å². The lowest BCUT2D eigenvalue weighted by atomic mass is 9.92. The molecule has 0 spiro atoms. The normalized spacial score (nSPS) is 27.3. The van der Waals surface area contributed by atoms with Crippen LogP contribution in [-0.4, -0.2) is 48.6 Å². The lowest BCUT2D eigenvalue weighted by molar-refractivity contribution is -0.124. The van der Waals surface area contributed by atoms with Crippen molar-refractivity contribution in [2.45, 2.75) is 57.0 Å². The van der Waals surface area contributed by atoms with Crippen molar-refractivity contribution in [1.29, 1.82) is 5.26 Å². The number of nitrogens with zero attached hydrogens (tertiary/aromatic N) is 2. The molecule has 5 heteroatoms. The molecule has 1 saturated carbocycles. The zero-order valence-electron chi connectivity index (χ0n) is 12.5. The van der Waals surface area contributed by atoms with Crippen molar-refractivity contribution in [3.05, 3.63) is 0 Å². The fourth-order valence-electron chi connectivity index (χ4n) is 3.21. The van der Waals surface area contributed by atoms with E-state index in [1.807, 2.05) is 0 Å². The first-order valence-corrected chi connectivity index (χ1v) is 7.82. The maximum Gasteiger partial charge on any atom is 0.235 e. The largest absolute Gasteiger partial charge is 0.337 e. The van der Waals surface area contributed by atoms with E-state index >= 15 is 0 Å². The summed E-state index contributed by atoms with van der Waals surface area (Å²) >= 11 is 0. The summed E-state index contributed by atoms with van der Waals surface area (Å²) in [6.07, 6.45) is 6.02. The molecule has 1 aliphatic carbocycles. The first-order valence-electron chi connectivity index (χ1n) is 7.82. The number of hydrogen-bond donors (Lipinski definition) is 2. The first kappa shape index (κ1) is 15.3. The van der Waals surface area contributed by atoms with E-state index in [0.29, 0.717) is 12.6 Å². The van der Waals surface area contributed by atoms with Gasteiger partial charge in [0, 0.05) is 25.7 Å². The maximum atomic E-state index is 12.3. The summed E-state index contributed by atoms with van der Waals surface area (Å²) in [5.74, 6) is 0.00204. The van der Waals surface area contributed by atoms with Crippen molar-refractivity contribution in [2.75, 3.05) is 26.2 Å². The molecule has 1 amide bonds. The Morgan fingerprint density at radius 1 is 1.40 bits per heavy atom. The van der Waals surface area contributed by atoms with Crippen LogP contribution in [0.4, 0.5) is 0 Å². The zero-order chi connectivity index (χ0) is 14.4. The molecule has 2 N–H and O–H groups in total. The number of piperazine rings is 1. The second-order valence-electron chi connectivity index (χ2n) is 6.18. The van der Waals surface area contributed by atoms with Crippen molar-refractivity contribution in [3.8, 4) is 6.07 Å². The molecule has 1 atom stereocenters. The van der Waals surface area contributed by atoms with Crippen molar-refractivity contribution in [2.24, 2.45) is 0 Å². The lowest BCUT2D eigenvalue weighted by Crippen LogP contribution is -2.55. The minimum Gasteiger partial charge on any atom is -0.337 e. The Morgan fingerprint density at radius 2 is 2.10 bits per heavy atom. The highest BCUT2D eigenvalue weighted by atomic mass is 16.2. The maximum absolute atomic E-state index is 12.3. The summed E-state index contributed by atoms with van der Waals surface area (Å²) in [6.45, 7) is 5.29. The molecular weight excluding hydrogens is 252 g/mol. The molecule has 1 aliphatic heterocycles. The third kappa shape index (κ3) is 3.94. The number of carbonyl (C=O) groups excluding carboxylic acids is 1. The van der Waals surface area contributed by atoms with E-state index in [4.69, 9.17) is 0 Å². The molecule has 5 nitrogen and oxygen atoms in total. The third-order valence-corrected chi connectivity index (χ3v) is 4.54. The van der Waals surface area contributed by atoms with Crippen LogP contribution in [-0.2, 0) is 4.79 Å². The molecule has 0 radical (unpaired) electrons. The highest BCUT2D eigenvalue weighted by molar-refractivity contribution is 5.79. The average molecular weight is 278 g/mol. The van der Waals surface area contributed by atoms with E-state index in [-0.39, 0.29) is 5.91 Å². The van der Waals surface area contributed by atoms with Gasteiger partial charge in [-0.1, -0.05) is 25.7 Å². The summed E-state index contributed by atoms with van der Waals surface area (Å²) in [5.41, 5.74) is -0.620. The molecule has 2 rings (SSSR count). The fourth-order valence-corrected chi connectivity index (χ4v) is 3.21. The molecular formula is C15H26N4O. The smallest absolute Gasteiger partial charge is 0.235 e. The molecule has 1 saturated heterocycles. The molecule has 0 aromatic heterocycles. The van der Waals surface area contributed by atoms with Gasteiger partial charge in [-0.15, -0.1) is 0 Å². The van der Waals surface area contributed by atoms with Crippen LogP contribution in [0.25, 0.3) is 0 Å². The zero-order valence-corrected chi connectivity index (χ0v) is 12.5. The van der Waals surface area contributed by atoms with E-state index in [0.717, 1.165) is 45.3 Å². The quantitative estimate of drug-likeness (QED) is 0.756. The van der Waals surface area contributed by atoms with Crippen molar-refractivity contribution in [1.82, 2.24) is 15.5 Å². The van der Waals surface area contributed by atoms with E-state index < -0.39 is 5.54 Å². The Hall–Kier alpha value is -1.12. The van der Waals surface area contributed by atoms with Gasteiger partial charge >= 0.3 is 0 Å². The Morgan fingerprint density at radius 3 is 2.70 bits per heavy atom. The molecule has 1 unspecified atom stereocenters. The van der Waals surface area contributed by atoms with Crippen LogP contribution >= 0.6 is 0 Å². The molecule has 0 aromatic carbocycles. The minimum atomic E-state index is -0.620. The first-order chi connectivity index (χ1) is 9.65. The number of nitrogens with one attached hydrogen (secondary N) is 2. The van der Waals surface area contributed by atoms with Gasteiger partial charge in [-0.3, -0.25) is 9.69 Å². The van der Waals surface area contributed by atoms with Crippen molar-refractivity contribution in [3.63, 3.8) is 0 Å². The summed E-state index contributed by atoms with van der Waals surface area (Å²) in [7, 11) is 0. The fraction of sp³-hybridized carbons (Fsp3) is 0.867. The van der Waals surface area contributed by atoms with Crippen molar-refractivity contribution >= 4 is 5.91 Å². The SMILES string of the molecule is CC1CNCCN1CC(=O)NC1(C#N)CCCCCC1. The van der Waals surface area contributed by atoms with Crippen LogP contribution in [0.1, 0.15) is 45.4 Å². The van der Waals surface area contributed by atoms with Gasteiger partial charge in [0.25, 0.3) is 0 Å². The van der Waals surface area contributed by atoms with Gasteiger partial charge in [0.15, 0.2) is 0 Å². The standard InChI is InChI=1S/C15H26N4O/c1-13-10-17-8-9-19(13)11-14(20)18-15(12-16)6-4-2-3-5-7-15/h13,17H,2-11H2,1H3,(H,18,20). The highest BCUT2D eigenvalue weighted by Crippen LogP contribution is 2.26. The monoisotopic (exact) mass is 278 g/mol. The molecule has 20 heavy (non-hydrogen) atoms. The predicted molar refractivity (Wildman–Crippen MR) is 78.1 cm³/mol. The molecule has 2 fully saturated rings. The summed E-state index contributed by atoms with van der Waals surface area (Å²) in [4.78, 5) is 14.5. The van der Waals surface area contributed by atoms with E-state index in [1.165, 1.54) is 12.8 Å². The average Bonchev–Trinajstić information content (AvgIpc) is 2.67. The number of nitriles is 1. The predicted octanol–water partition coefficient (Wildman–Crippen LogP) is 1.01. The molecule has 2 aliphatic rings. The van der Waals surface area contributed by atoms with Crippen LogP contribution in [0, 0.1) is 11.3 Å². The van der Waals surface area contributed by atoms with Gasteiger partial charge in [0.2, 0.25) is 5.91 Å². The third-order valence-electron chi connectivity index (χ3n) is 4.54. The number of amides is 1. The molecule has 0 bridgehead atoms. The summed E-state index contributed by atoms with van der Waals surface area (Å²) < 4.78 is 0. The Bertz CT molecular complexity index is 369. The van der Waals surface area contributed by atoms with Gasteiger partial charge in [-0.2, -0.15) is 5.26 Å². The lowest BCUT2D eigenvalue weighted by Gasteiger charge is -2.34.